The molecule has 1 amide bonds. The van der Waals surface area contributed by atoms with Gasteiger partial charge in [0.15, 0.2) is 11.6 Å². The highest BCUT2D eigenvalue weighted by Crippen LogP contribution is 2.47. The number of rotatable bonds is 3. The van der Waals surface area contributed by atoms with Crippen LogP contribution in [0.15, 0.2) is 16.6 Å². The van der Waals surface area contributed by atoms with Gasteiger partial charge in [0.05, 0.1) is 10.4 Å². The summed E-state index contributed by atoms with van der Waals surface area (Å²) < 4.78 is 27.3. The van der Waals surface area contributed by atoms with Crippen molar-refractivity contribution in [2.45, 2.75) is 12.8 Å². The van der Waals surface area contributed by atoms with Crippen molar-refractivity contribution in [3.63, 3.8) is 0 Å². The minimum absolute atomic E-state index is 0.0536. The molecule has 1 aromatic rings. The maximum Gasteiger partial charge on any atom is 0.237 e. The van der Waals surface area contributed by atoms with Crippen LogP contribution in [-0.4, -0.2) is 10.9 Å². The summed E-state index contributed by atoms with van der Waals surface area (Å²) in [5, 5.41) is 2.21. The number of hydrogen-bond donors (Lipinski definition) is 2. The van der Waals surface area contributed by atoms with E-state index < -0.39 is 28.6 Å². The molecule has 0 radical (unpaired) electrons. The van der Waals surface area contributed by atoms with E-state index in [4.69, 9.17) is 18.0 Å². The Morgan fingerprint density at radius 3 is 2.28 bits per heavy atom. The van der Waals surface area contributed by atoms with E-state index in [0.29, 0.717) is 12.8 Å². The molecule has 1 saturated carbocycles. The molecule has 0 aromatic heterocycles. The van der Waals surface area contributed by atoms with E-state index in [1.807, 2.05) is 0 Å². The monoisotopic (exact) mass is 334 g/mol. The zero-order valence-electron chi connectivity index (χ0n) is 9.10. The van der Waals surface area contributed by atoms with Crippen molar-refractivity contribution in [1.82, 2.24) is 0 Å². The van der Waals surface area contributed by atoms with E-state index in [1.54, 1.807) is 0 Å². The van der Waals surface area contributed by atoms with Crippen molar-refractivity contribution in [2.75, 3.05) is 5.32 Å². The van der Waals surface area contributed by atoms with Crippen LogP contribution in [0.3, 0.4) is 0 Å². The van der Waals surface area contributed by atoms with Crippen molar-refractivity contribution in [2.24, 2.45) is 11.1 Å². The van der Waals surface area contributed by atoms with Crippen LogP contribution in [0, 0.1) is 17.0 Å². The predicted octanol–water partition coefficient (Wildman–Crippen LogP) is 2.73. The summed E-state index contributed by atoms with van der Waals surface area (Å²) in [5.74, 6) is -2.27. The van der Waals surface area contributed by atoms with Crippen LogP contribution in [-0.2, 0) is 4.79 Å². The number of halogens is 3. The van der Waals surface area contributed by atoms with Crippen LogP contribution < -0.4 is 11.1 Å². The minimum Gasteiger partial charge on any atom is -0.392 e. The summed E-state index contributed by atoms with van der Waals surface area (Å²) in [5.41, 5.74) is 4.04. The average Bonchev–Trinajstić information content (AvgIpc) is 3.03. The minimum atomic E-state index is -0.943. The number of hydrogen-bond acceptors (Lipinski definition) is 2. The molecule has 0 heterocycles. The van der Waals surface area contributed by atoms with Gasteiger partial charge in [-0.15, -0.1) is 0 Å². The number of benzene rings is 1. The molecule has 1 aliphatic carbocycles. The third-order valence-corrected chi connectivity index (χ3v) is 3.75. The van der Waals surface area contributed by atoms with Gasteiger partial charge in [-0.25, -0.2) is 8.78 Å². The average molecular weight is 335 g/mol. The summed E-state index contributed by atoms with van der Waals surface area (Å²) in [6.07, 6.45) is 1.02. The van der Waals surface area contributed by atoms with E-state index in [9.17, 15) is 13.6 Å². The molecule has 7 heteroatoms. The molecule has 3 nitrogen and oxygen atoms in total. The van der Waals surface area contributed by atoms with Gasteiger partial charge in [-0.1, -0.05) is 28.1 Å². The second-order valence-corrected chi connectivity index (χ2v) is 5.50. The first kappa shape index (κ1) is 13.4. The maximum absolute atomic E-state index is 13.5. The third kappa shape index (κ3) is 2.24. The fourth-order valence-corrected chi connectivity index (χ4v) is 2.30. The van der Waals surface area contributed by atoms with Gasteiger partial charge in [0.25, 0.3) is 0 Å². The fourth-order valence-electron chi connectivity index (χ4n) is 1.61. The largest absolute Gasteiger partial charge is 0.392 e. The van der Waals surface area contributed by atoms with Crippen molar-refractivity contribution < 1.29 is 13.6 Å². The van der Waals surface area contributed by atoms with Crippen molar-refractivity contribution in [1.29, 1.82) is 0 Å². The number of nitrogens with two attached hydrogens (primary N) is 1. The Hall–Kier alpha value is -1.08. The normalized spacial score (nSPS) is 16.2. The summed E-state index contributed by atoms with van der Waals surface area (Å²) >= 11 is 7.75. The van der Waals surface area contributed by atoms with Gasteiger partial charge in [-0.3, -0.25) is 4.79 Å². The molecule has 18 heavy (non-hydrogen) atoms. The van der Waals surface area contributed by atoms with E-state index in [-0.39, 0.29) is 9.46 Å². The number of nitrogens with one attached hydrogen (secondary N) is 1. The molecule has 1 aromatic carbocycles. The van der Waals surface area contributed by atoms with Crippen LogP contribution in [0.4, 0.5) is 14.5 Å². The van der Waals surface area contributed by atoms with Crippen molar-refractivity contribution in [3.05, 3.63) is 28.2 Å². The smallest absolute Gasteiger partial charge is 0.237 e. The molecule has 96 valence electrons. The van der Waals surface area contributed by atoms with E-state index in [1.165, 1.54) is 0 Å². The second-order valence-electron chi connectivity index (χ2n) is 4.14. The quantitative estimate of drug-likeness (QED) is 0.835. The van der Waals surface area contributed by atoms with Gasteiger partial charge in [0.2, 0.25) is 5.91 Å². The number of thiocarbonyl (C=S) groups is 1. The highest BCUT2D eigenvalue weighted by atomic mass is 79.9. The molecule has 0 bridgehead atoms. The molecule has 0 spiro atoms. The van der Waals surface area contributed by atoms with Crippen LogP contribution in [0.2, 0.25) is 0 Å². The molecule has 0 atom stereocenters. The molecular formula is C11H9BrF2N2OS. The Morgan fingerprint density at radius 1 is 1.39 bits per heavy atom. The highest BCUT2D eigenvalue weighted by molar-refractivity contribution is 9.10. The lowest BCUT2D eigenvalue weighted by molar-refractivity contribution is -0.119. The van der Waals surface area contributed by atoms with Crippen molar-refractivity contribution in [3.8, 4) is 0 Å². The molecular weight excluding hydrogens is 326 g/mol. The van der Waals surface area contributed by atoms with Gasteiger partial charge in [0.1, 0.15) is 5.69 Å². The van der Waals surface area contributed by atoms with Gasteiger partial charge in [-0.05, 0) is 25.0 Å². The van der Waals surface area contributed by atoms with E-state index >= 15 is 0 Å². The molecule has 3 N–H and O–H groups in total. The summed E-state index contributed by atoms with van der Waals surface area (Å²) in [6, 6.07) is 2.14. The van der Waals surface area contributed by atoms with Gasteiger partial charge in [0, 0.05) is 4.47 Å². The summed E-state index contributed by atoms with van der Waals surface area (Å²) in [4.78, 5) is 12.0. The van der Waals surface area contributed by atoms with Crippen LogP contribution in [0.1, 0.15) is 12.8 Å². The summed E-state index contributed by atoms with van der Waals surface area (Å²) in [7, 11) is 0. The van der Waals surface area contributed by atoms with E-state index in [2.05, 4.69) is 21.2 Å². The Labute approximate surface area is 116 Å². The Kier molecular flexibility index (Phi) is 3.37. The van der Waals surface area contributed by atoms with E-state index in [0.717, 1.165) is 12.1 Å². The number of carbonyl (C=O) groups excluding carboxylic acids is 1. The number of anilines is 1. The zero-order valence-corrected chi connectivity index (χ0v) is 11.5. The standard InChI is InChI=1S/C11H9BrF2N2OS/c12-5-3-6(13)8(7(14)4-5)16-10(17)11(1-2-11)9(15)18/h3-4H,1-2H2,(H2,15,18)(H,16,17). The first-order chi connectivity index (χ1) is 8.36. The molecule has 0 saturated heterocycles. The lowest BCUT2D eigenvalue weighted by Crippen LogP contribution is -2.35. The van der Waals surface area contributed by atoms with Gasteiger partial charge >= 0.3 is 0 Å². The molecule has 2 rings (SSSR count). The number of amides is 1. The third-order valence-electron chi connectivity index (χ3n) is 2.90. The first-order valence-electron chi connectivity index (χ1n) is 5.13. The SMILES string of the molecule is NC(=S)C1(C(=O)Nc2c(F)cc(Br)cc2F)CC1. The Bertz CT molecular complexity index is 523. The maximum atomic E-state index is 13.5. The Balaban J connectivity index is 2.26. The van der Waals surface area contributed by atoms with Crippen LogP contribution in [0.25, 0.3) is 0 Å². The lowest BCUT2D eigenvalue weighted by atomic mass is 10.1. The molecule has 1 aliphatic rings. The first-order valence-corrected chi connectivity index (χ1v) is 6.33. The van der Waals surface area contributed by atoms with Gasteiger partial charge in [-0.2, -0.15) is 0 Å². The zero-order chi connectivity index (χ0) is 13.5. The lowest BCUT2D eigenvalue weighted by Gasteiger charge is -2.14. The van der Waals surface area contributed by atoms with Crippen molar-refractivity contribution >= 4 is 44.7 Å². The molecule has 0 aliphatic heterocycles. The molecule has 1 fully saturated rings. The predicted molar refractivity (Wildman–Crippen MR) is 71.1 cm³/mol. The van der Waals surface area contributed by atoms with Crippen LogP contribution in [0.5, 0.6) is 0 Å². The van der Waals surface area contributed by atoms with Crippen LogP contribution >= 0.6 is 28.1 Å². The highest BCUT2D eigenvalue weighted by Gasteiger charge is 2.53. The Morgan fingerprint density at radius 2 is 1.89 bits per heavy atom. The second kappa shape index (κ2) is 4.55. The fraction of sp³-hybridized carbons (Fsp3) is 0.273. The van der Waals surface area contributed by atoms with Gasteiger partial charge < -0.3 is 11.1 Å². The summed E-state index contributed by atoms with van der Waals surface area (Å²) in [6.45, 7) is 0. The molecule has 0 unspecified atom stereocenters. The number of carbonyl (C=O) groups is 1. The topological polar surface area (TPSA) is 55.1 Å².